The Morgan fingerprint density at radius 3 is 2.53 bits per heavy atom. The largest absolute Gasteiger partial charge is 0.487 e. The lowest BCUT2D eigenvalue weighted by atomic mass is 10.2. The molecule has 0 aliphatic rings. The molecule has 2 N–H and O–H groups in total. The number of halogens is 4. The van der Waals surface area contributed by atoms with E-state index in [0.717, 1.165) is 0 Å². The van der Waals surface area contributed by atoms with Crippen LogP contribution < -0.4 is 10.5 Å². The first-order valence-corrected chi connectivity index (χ1v) is 6.87. The van der Waals surface area contributed by atoms with Crippen LogP contribution in [0.1, 0.15) is 5.56 Å². The van der Waals surface area contributed by atoms with Crippen molar-refractivity contribution in [3.63, 3.8) is 0 Å². The third-order valence-corrected chi connectivity index (χ3v) is 3.82. The summed E-state index contributed by atoms with van der Waals surface area (Å²) in [5.74, 6) is -0.615. The van der Waals surface area contributed by atoms with Gasteiger partial charge < -0.3 is 10.5 Å². The van der Waals surface area contributed by atoms with Crippen LogP contribution in [0.15, 0.2) is 39.3 Å². The van der Waals surface area contributed by atoms with Crippen LogP contribution in [-0.4, -0.2) is 0 Å². The topological polar surface area (TPSA) is 35.2 Å². The van der Waals surface area contributed by atoms with Crippen LogP contribution in [-0.2, 0) is 6.61 Å². The van der Waals surface area contributed by atoms with Gasteiger partial charge in [-0.1, -0.05) is 15.9 Å². The molecule has 2 nitrogen and oxygen atoms in total. The second kappa shape index (κ2) is 5.88. The van der Waals surface area contributed by atoms with E-state index in [-0.39, 0.29) is 22.6 Å². The highest BCUT2D eigenvalue weighted by molar-refractivity contribution is 9.10. The minimum absolute atomic E-state index is 0.0869. The molecule has 0 atom stereocenters. The van der Waals surface area contributed by atoms with E-state index in [1.54, 1.807) is 6.07 Å². The van der Waals surface area contributed by atoms with Crippen molar-refractivity contribution in [1.29, 1.82) is 0 Å². The van der Waals surface area contributed by atoms with Crippen molar-refractivity contribution in [3.05, 3.63) is 56.5 Å². The smallest absolute Gasteiger partial charge is 0.145 e. The van der Waals surface area contributed by atoms with Crippen molar-refractivity contribution < 1.29 is 13.5 Å². The fraction of sp³-hybridized carbons (Fsp3) is 0.0769. The maximum absolute atomic E-state index is 13.4. The van der Waals surface area contributed by atoms with Crippen LogP contribution >= 0.6 is 31.9 Å². The standard InChI is InChI=1S/C13H9Br2F2NO/c14-9-2-1-8(16)3-7(9)6-19-13-5-11(17)10(15)4-12(13)18/h1-5H,6,18H2. The van der Waals surface area contributed by atoms with Gasteiger partial charge in [0, 0.05) is 16.1 Å². The molecule has 19 heavy (non-hydrogen) atoms. The van der Waals surface area contributed by atoms with E-state index in [1.165, 1.54) is 24.3 Å². The fourth-order valence-electron chi connectivity index (χ4n) is 1.48. The van der Waals surface area contributed by atoms with Crippen LogP contribution in [0.5, 0.6) is 5.75 Å². The number of ether oxygens (including phenoxy) is 1. The first-order valence-electron chi connectivity index (χ1n) is 5.28. The van der Waals surface area contributed by atoms with Gasteiger partial charge >= 0.3 is 0 Å². The van der Waals surface area contributed by atoms with Gasteiger partial charge in [-0.3, -0.25) is 0 Å². The van der Waals surface area contributed by atoms with Crippen molar-refractivity contribution in [3.8, 4) is 5.75 Å². The lowest BCUT2D eigenvalue weighted by molar-refractivity contribution is 0.305. The summed E-state index contributed by atoms with van der Waals surface area (Å²) in [5, 5.41) is 0. The average Bonchev–Trinajstić information content (AvgIpc) is 2.36. The Labute approximate surface area is 125 Å². The van der Waals surface area contributed by atoms with Gasteiger partial charge in [0.05, 0.1) is 10.2 Å². The van der Waals surface area contributed by atoms with Gasteiger partial charge in [0.1, 0.15) is 24.0 Å². The van der Waals surface area contributed by atoms with Gasteiger partial charge in [0.25, 0.3) is 0 Å². The van der Waals surface area contributed by atoms with E-state index in [1.807, 2.05) is 0 Å². The second-order valence-electron chi connectivity index (χ2n) is 3.83. The monoisotopic (exact) mass is 391 g/mol. The Morgan fingerprint density at radius 1 is 1.05 bits per heavy atom. The molecule has 0 aliphatic heterocycles. The highest BCUT2D eigenvalue weighted by atomic mass is 79.9. The van der Waals surface area contributed by atoms with Crippen LogP contribution in [0.25, 0.3) is 0 Å². The van der Waals surface area contributed by atoms with Crippen molar-refractivity contribution in [2.24, 2.45) is 0 Å². The summed E-state index contributed by atoms with van der Waals surface area (Å²) >= 11 is 6.32. The molecule has 0 aliphatic carbocycles. The zero-order valence-electron chi connectivity index (χ0n) is 9.59. The molecular weight excluding hydrogens is 384 g/mol. The summed E-state index contributed by atoms with van der Waals surface area (Å²) < 4.78 is 32.9. The lowest BCUT2D eigenvalue weighted by Crippen LogP contribution is -2.01. The fourth-order valence-corrected chi connectivity index (χ4v) is 2.20. The van der Waals surface area contributed by atoms with E-state index in [9.17, 15) is 8.78 Å². The summed E-state index contributed by atoms with van der Waals surface area (Å²) in [4.78, 5) is 0. The molecule has 100 valence electrons. The summed E-state index contributed by atoms with van der Waals surface area (Å²) in [7, 11) is 0. The van der Waals surface area contributed by atoms with Gasteiger partial charge in [-0.15, -0.1) is 0 Å². The SMILES string of the molecule is Nc1cc(Br)c(F)cc1OCc1cc(F)ccc1Br. The number of nitrogen functional groups attached to an aromatic ring is 1. The molecule has 0 fully saturated rings. The Morgan fingerprint density at radius 2 is 1.79 bits per heavy atom. The number of hydrogen-bond donors (Lipinski definition) is 1. The van der Waals surface area contributed by atoms with E-state index in [4.69, 9.17) is 10.5 Å². The summed E-state index contributed by atoms with van der Waals surface area (Å²) in [6, 6.07) is 6.87. The quantitative estimate of drug-likeness (QED) is 0.771. The summed E-state index contributed by atoms with van der Waals surface area (Å²) in [6.07, 6.45) is 0. The molecule has 0 amide bonds. The molecule has 0 unspecified atom stereocenters. The van der Waals surface area contributed by atoms with Crippen LogP contribution in [0.2, 0.25) is 0 Å². The number of nitrogens with two attached hydrogens (primary N) is 1. The predicted molar refractivity (Wildman–Crippen MR) is 76.9 cm³/mol. The van der Waals surface area contributed by atoms with Gasteiger partial charge in [-0.2, -0.15) is 0 Å². The van der Waals surface area contributed by atoms with Crippen molar-refractivity contribution in [2.75, 3.05) is 5.73 Å². The van der Waals surface area contributed by atoms with E-state index < -0.39 is 5.82 Å². The number of rotatable bonds is 3. The highest BCUT2D eigenvalue weighted by Crippen LogP contribution is 2.29. The van der Waals surface area contributed by atoms with Crippen molar-refractivity contribution in [2.45, 2.75) is 6.61 Å². The number of benzene rings is 2. The molecule has 0 heterocycles. The molecule has 0 spiro atoms. The second-order valence-corrected chi connectivity index (χ2v) is 5.54. The Balaban J connectivity index is 2.19. The Hall–Kier alpha value is -1.14. The van der Waals surface area contributed by atoms with Crippen LogP contribution in [0, 0.1) is 11.6 Å². The predicted octanol–water partition coefficient (Wildman–Crippen LogP) is 4.65. The zero-order chi connectivity index (χ0) is 14.0. The molecule has 0 bridgehead atoms. The van der Waals surface area contributed by atoms with E-state index in [0.29, 0.717) is 15.7 Å². The maximum Gasteiger partial charge on any atom is 0.145 e. The molecular formula is C13H9Br2F2NO. The molecule has 2 aromatic carbocycles. The normalized spacial score (nSPS) is 10.5. The average molecular weight is 393 g/mol. The lowest BCUT2D eigenvalue weighted by Gasteiger charge is -2.11. The van der Waals surface area contributed by atoms with Crippen molar-refractivity contribution >= 4 is 37.5 Å². The summed E-state index contributed by atoms with van der Waals surface area (Å²) in [5.41, 5.74) is 6.63. The zero-order valence-corrected chi connectivity index (χ0v) is 12.8. The first-order chi connectivity index (χ1) is 8.97. The van der Waals surface area contributed by atoms with E-state index in [2.05, 4.69) is 31.9 Å². The minimum Gasteiger partial charge on any atom is -0.487 e. The Bertz CT molecular complexity index is 620. The van der Waals surface area contributed by atoms with Crippen LogP contribution in [0.4, 0.5) is 14.5 Å². The molecule has 0 aromatic heterocycles. The maximum atomic E-state index is 13.4. The van der Waals surface area contributed by atoms with Gasteiger partial charge in [-0.05, 0) is 40.2 Å². The summed E-state index contributed by atoms with van der Waals surface area (Å²) in [6.45, 7) is 0.0869. The molecule has 2 aromatic rings. The van der Waals surface area contributed by atoms with Crippen LogP contribution in [0.3, 0.4) is 0 Å². The molecule has 2 rings (SSSR count). The Kier molecular flexibility index (Phi) is 4.42. The van der Waals surface area contributed by atoms with Gasteiger partial charge in [-0.25, -0.2) is 8.78 Å². The number of hydrogen-bond acceptors (Lipinski definition) is 2. The molecule has 0 saturated carbocycles. The highest BCUT2D eigenvalue weighted by Gasteiger charge is 2.09. The molecule has 0 saturated heterocycles. The molecule has 0 radical (unpaired) electrons. The third-order valence-electron chi connectivity index (χ3n) is 2.44. The van der Waals surface area contributed by atoms with Crippen molar-refractivity contribution in [1.82, 2.24) is 0 Å². The number of anilines is 1. The molecule has 6 heteroatoms. The minimum atomic E-state index is -0.470. The third kappa shape index (κ3) is 3.45. The first kappa shape index (κ1) is 14.3. The van der Waals surface area contributed by atoms with Gasteiger partial charge in [0.15, 0.2) is 0 Å². The van der Waals surface area contributed by atoms with Gasteiger partial charge in [0.2, 0.25) is 0 Å². The van der Waals surface area contributed by atoms with E-state index >= 15 is 0 Å².